The Balaban J connectivity index is 1.80. The number of hydrogen-bond donors (Lipinski definition) is 0. The zero-order valence-corrected chi connectivity index (χ0v) is 10.3. The molecule has 1 saturated heterocycles. The predicted molar refractivity (Wildman–Crippen MR) is 69.7 cm³/mol. The van der Waals surface area contributed by atoms with E-state index < -0.39 is 0 Å². The topological polar surface area (TPSA) is 21.1 Å². The third-order valence-corrected chi connectivity index (χ3v) is 3.62. The molecule has 2 aromatic rings. The van der Waals surface area contributed by atoms with Crippen molar-refractivity contribution in [2.24, 2.45) is 5.92 Å². The van der Waals surface area contributed by atoms with Crippen LogP contribution in [-0.4, -0.2) is 27.5 Å². The van der Waals surface area contributed by atoms with Gasteiger partial charge in [0.1, 0.15) is 0 Å². The second-order valence-electron chi connectivity index (χ2n) is 5.17. The van der Waals surface area contributed by atoms with Crippen molar-refractivity contribution >= 4 is 11.0 Å². The number of piperidine rings is 1. The number of rotatable bonds is 2. The largest absolute Gasteiger partial charge is 0.317 e. The summed E-state index contributed by atoms with van der Waals surface area (Å²) >= 11 is 0. The Labute approximate surface area is 102 Å². The van der Waals surface area contributed by atoms with Gasteiger partial charge in [-0.05, 0) is 37.4 Å². The maximum absolute atomic E-state index is 4.44. The SMILES string of the molecule is CC1CCCN(Cn2cnc3ccccc32)C1. The lowest BCUT2D eigenvalue weighted by atomic mass is 10.0. The van der Waals surface area contributed by atoms with Crippen LogP contribution in [0.2, 0.25) is 0 Å². The summed E-state index contributed by atoms with van der Waals surface area (Å²) in [6, 6.07) is 8.35. The molecule has 0 bridgehead atoms. The highest BCUT2D eigenvalue weighted by molar-refractivity contribution is 5.74. The summed E-state index contributed by atoms with van der Waals surface area (Å²) in [5, 5.41) is 0. The summed E-state index contributed by atoms with van der Waals surface area (Å²) in [5.41, 5.74) is 2.34. The molecule has 1 aromatic heterocycles. The van der Waals surface area contributed by atoms with Gasteiger partial charge in [0.25, 0.3) is 0 Å². The smallest absolute Gasteiger partial charge is 0.0969 e. The van der Waals surface area contributed by atoms with Crippen molar-refractivity contribution in [3.05, 3.63) is 30.6 Å². The summed E-state index contributed by atoms with van der Waals surface area (Å²) in [6.45, 7) is 5.76. The van der Waals surface area contributed by atoms with Crippen molar-refractivity contribution in [3.8, 4) is 0 Å². The van der Waals surface area contributed by atoms with Gasteiger partial charge in [0, 0.05) is 6.54 Å². The minimum atomic E-state index is 0.832. The Bertz CT molecular complexity index is 503. The van der Waals surface area contributed by atoms with Crippen LogP contribution in [-0.2, 0) is 6.67 Å². The molecule has 1 atom stereocenters. The van der Waals surface area contributed by atoms with Gasteiger partial charge in [-0.15, -0.1) is 0 Å². The first-order valence-corrected chi connectivity index (χ1v) is 6.45. The van der Waals surface area contributed by atoms with Gasteiger partial charge in [0.05, 0.1) is 24.0 Å². The van der Waals surface area contributed by atoms with E-state index in [1.165, 1.54) is 31.4 Å². The summed E-state index contributed by atoms with van der Waals surface area (Å²) in [4.78, 5) is 6.97. The van der Waals surface area contributed by atoms with Crippen LogP contribution < -0.4 is 0 Å². The van der Waals surface area contributed by atoms with E-state index in [4.69, 9.17) is 0 Å². The predicted octanol–water partition coefficient (Wildman–Crippen LogP) is 2.73. The van der Waals surface area contributed by atoms with E-state index in [9.17, 15) is 0 Å². The van der Waals surface area contributed by atoms with Crippen LogP contribution >= 0.6 is 0 Å². The first kappa shape index (κ1) is 10.8. The van der Waals surface area contributed by atoms with E-state index in [2.05, 4.69) is 39.6 Å². The van der Waals surface area contributed by atoms with Crippen LogP contribution in [0, 0.1) is 5.92 Å². The average Bonchev–Trinajstić information content (AvgIpc) is 2.73. The van der Waals surface area contributed by atoms with E-state index in [0.29, 0.717) is 0 Å². The first-order valence-electron chi connectivity index (χ1n) is 6.45. The quantitative estimate of drug-likeness (QED) is 0.789. The molecule has 0 N–H and O–H groups in total. The van der Waals surface area contributed by atoms with Gasteiger partial charge in [0.15, 0.2) is 0 Å². The minimum absolute atomic E-state index is 0.832. The van der Waals surface area contributed by atoms with E-state index in [1.54, 1.807) is 0 Å². The number of imidazole rings is 1. The van der Waals surface area contributed by atoms with Crippen LogP contribution in [0.4, 0.5) is 0 Å². The van der Waals surface area contributed by atoms with Gasteiger partial charge in [-0.3, -0.25) is 4.90 Å². The highest BCUT2D eigenvalue weighted by Crippen LogP contribution is 2.18. The van der Waals surface area contributed by atoms with Gasteiger partial charge >= 0.3 is 0 Å². The number of aromatic nitrogens is 2. The van der Waals surface area contributed by atoms with Gasteiger partial charge in [0.2, 0.25) is 0 Å². The normalized spacial score (nSPS) is 22.1. The fourth-order valence-corrected chi connectivity index (χ4v) is 2.75. The lowest BCUT2D eigenvalue weighted by Gasteiger charge is -2.31. The lowest BCUT2D eigenvalue weighted by Crippen LogP contribution is -2.35. The van der Waals surface area contributed by atoms with Crippen molar-refractivity contribution in [1.82, 2.24) is 14.5 Å². The van der Waals surface area contributed by atoms with Gasteiger partial charge < -0.3 is 4.57 Å². The number of benzene rings is 1. The van der Waals surface area contributed by atoms with E-state index >= 15 is 0 Å². The van der Waals surface area contributed by atoms with Crippen LogP contribution in [0.1, 0.15) is 19.8 Å². The number of nitrogens with zero attached hydrogens (tertiary/aromatic N) is 3. The molecule has 0 amide bonds. The van der Waals surface area contributed by atoms with Crippen LogP contribution in [0.15, 0.2) is 30.6 Å². The standard InChI is InChI=1S/C14H19N3/c1-12-5-4-8-16(9-12)11-17-10-15-13-6-2-3-7-14(13)17/h2-3,6-7,10,12H,4-5,8-9,11H2,1H3. The highest BCUT2D eigenvalue weighted by Gasteiger charge is 2.16. The molecule has 1 aliphatic heterocycles. The molecule has 0 saturated carbocycles. The molecule has 1 aromatic carbocycles. The van der Waals surface area contributed by atoms with E-state index in [0.717, 1.165) is 18.1 Å². The maximum Gasteiger partial charge on any atom is 0.0969 e. The monoisotopic (exact) mass is 229 g/mol. The molecular formula is C14H19N3. The number of para-hydroxylation sites is 2. The Kier molecular flexibility index (Phi) is 2.85. The first-order chi connectivity index (χ1) is 8.33. The molecule has 3 nitrogen and oxygen atoms in total. The average molecular weight is 229 g/mol. The summed E-state index contributed by atoms with van der Waals surface area (Å²) in [5.74, 6) is 0.832. The van der Waals surface area contributed by atoms with Crippen molar-refractivity contribution in [2.75, 3.05) is 13.1 Å². The molecule has 0 spiro atoms. The summed E-state index contributed by atoms with van der Waals surface area (Å²) in [6.07, 6.45) is 4.67. The van der Waals surface area contributed by atoms with Crippen LogP contribution in [0.3, 0.4) is 0 Å². The third-order valence-electron chi connectivity index (χ3n) is 3.62. The van der Waals surface area contributed by atoms with Crippen molar-refractivity contribution in [2.45, 2.75) is 26.4 Å². The molecule has 1 unspecified atom stereocenters. The van der Waals surface area contributed by atoms with E-state index in [-0.39, 0.29) is 0 Å². The number of likely N-dealkylation sites (tertiary alicyclic amines) is 1. The molecule has 90 valence electrons. The zero-order chi connectivity index (χ0) is 11.7. The van der Waals surface area contributed by atoms with Gasteiger partial charge in [-0.1, -0.05) is 19.1 Å². The molecule has 1 fully saturated rings. The lowest BCUT2D eigenvalue weighted by molar-refractivity contribution is 0.148. The number of fused-ring (bicyclic) bond motifs is 1. The number of hydrogen-bond acceptors (Lipinski definition) is 2. The van der Waals surface area contributed by atoms with Crippen molar-refractivity contribution in [1.29, 1.82) is 0 Å². The van der Waals surface area contributed by atoms with Crippen LogP contribution in [0.5, 0.6) is 0 Å². The highest BCUT2D eigenvalue weighted by atomic mass is 15.3. The second-order valence-corrected chi connectivity index (χ2v) is 5.17. The Morgan fingerprint density at radius 3 is 3.12 bits per heavy atom. The fourth-order valence-electron chi connectivity index (χ4n) is 2.75. The third kappa shape index (κ3) is 2.20. The summed E-state index contributed by atoms with van der Waals surface area (Å²) < 4.78 is 2.26. The van der Waals surface area contributed by atoms with Gasteiger partial charge in [-0.25, -0.2) is 4.98 Å². The molecule has 1 aliphatic rings. The molecule has 3 heteroatoms. The van der Waals surface area contributed by atoms with E-state index in [1.807, 2.05) is 12.4 Å². The minimum Gasteiger partial charge on any atom is -0.317 e. The molecular weight excluding hydrogens is 210 g/mol. The van der Waals surface area contributed by atoms with Crippen LogP contribution in [0.25, 0.3) is 11.0 Å². The van der Waals surface area contributed by atoms with Gasteiger partial charge in [-0.2, -0.15) is 0 Å². The molecule has 0 aliphatic carbocycles. The van der Waals surface area contributed by atoms with Crippen molar-refractivity contribution < 1.29 is 0 Å². The fraction of sp³-hybridized carbons (Fsp3) is 0.500. The van der Waals surface area contributed by atoms with Crippen molar-refractivity contribution in [3.63, 3.8) is 0 Å². The Morgan fingerprint density at radius 2 is 2.24 bits per heavy atom. The molecule has 2 heterocycles. The maximum atomic E-state index is 4.44. The Morgan fingerprint density at radius 1 is 1.35 bits per heavy atom. The molecule has 3 rings (SSSR count). The zero-order valence-electron chi connectivity index (χ0n) is 10.3. The molecule has 17 heavy (non-hydrogen) atoms. The molecule has 0 radical (unpaired) electrons. The Hall–Kier alpha value is -1.35. The second kappa shape index (κ2) is 4.49. The summed E-state index contributed by atoms with van der Waals surface area (Å²) in [7, 11) is 0.